The Morgan fingerprint density at radius 2 is 2.44 bits per heavy atom. The molecule has 1 aromatic rings. The Morgan fingerprint density at radius 3 is 3.00 bits per heavy atom. The summed E-state index contributed by atoms with van der Waals surface area (Å²) in [6.07, 6.45) is 4.75. The third-order valence-electron chi connectivity index (χ3n) is 3.78. The lowest BCUT2D eigenvalue weighted by molar-refractivity contribution is 0.0556. The molecule has 2 rings (SSSR count). The van der Waals surface area contributed by atoms with Gasteiger partial charge in [0.1, 0.15) is 0 Å². The monoisotopic (exact) mass is 314 g/mol. The molecule has 5 heteroatoms. The zero-order chi connectivity index (χ0) is 13.1. The number of nitrogens with two attached hydrogens (primary N) is 1. The summed E-state index contributed by atoms with van der Waals surface area (Å²) in [5, 5.41) is 0. The zero-order valence-corrected chi connectivity index (χ0v) is 12.1. The fraction of sp³-hybridized carbons (Fsp3) is 0.615. The van der Waals surface area contributed by atoms with E-state index in [-0.39, 0.29) is 11.9 Å². The molecule has 0 bridgehead atoms. The lowest BCUT2D eigenvalue weighted by Crippen LogP contribution is -2.49. The Bertz CT molecular complexity index is 419. The molecule has 1 saturated heterocycles. The first-order valence-electron chi connectivity index (χ1n) is 6.41. The summed E-state index contributed by atoms with van der Waals surface area (Å²) < 4.78 is 5.63. The Labute approximate surface area is 116 Å². The second-order valence-electron chi connectivity index (χ2n) is 4.79. The summed E-state index contributed by atoms with van der Waals surface area (Å²) in [4.78, 5) is 14.3. The van der Waals surface area contributed by atoms with Crippen molar-refractivity contribution in [3.8, 4) is 0 Å². The van der Waals surface area contributed by atoms with Gasteiger partial charge in [0.05, 0.1) is 11.8 Å². The van der Waals surface area contributed by atoms with Gasteiger partial charge >= 0.3 is 0 Å². The lowest BCUT2D eigenvalue weighted by Gasteiger charge is -2.38. The maximum absolute atomic E-state index is 12.4. The van der Waals surface area contributed by atoms with Gasteiger partial charge in [0.2, 0.25) is 0 Å². The highest BCUT2D eigenvalue weighted by molar-refractivity contribution is 9.10. The third-order valence-corrected chi connectivity index (χ3v) is 4.40. The predicted molar refractivity (Wildman–Crippen MR) is 73.3 cm³/mol. The molecule has 1 aromatic heterocycles. The van der Waals surface area contributed by atoms with Gasteiger partial charge in [-0.15, -0.1) is 0 Å². The molecule has 1 amide bonds. The van der Waals surface area contributed by atoms with E-state index in [0.29, 0.717) is 22.7 Å². The summed E-state index contributed by atoms with van der Waals surface area (Å²) in [5.41, 5.74) is 6.40. The smallest absolute Gasteiger partial charge is 0.258 e. The molecular formula is C13H19BrN2O2. The number of likely N-dealkylation sites (tertiary alicyclic amines) is 1. The minimum atomic E-state index is 0.0145. The van der Waals surface area contributed by atoms with Gasteiger partial charge in [-0.2, -0.15) is 0 Å². The fourth-order valence-corrected chi connectivity index (χ4v) is 3.01. The predicted octanol–water partition coefficient (Wildman–Crippen LogP) is 2.63. The van der Waals surface area contributed by atoms with E-state index in [0.717, 1.165) is 25.8 Å². The van der Waals surface area contributed by atoms with E-state index in [9.17, 15) is 4.79 Å². The van der Waals surface area contributed by atoms with Crippen molar-refractivity contribution in [3.05, 3.63) is 22.6 Å². The van der Waals surface area contributed by atoms with Crippen molar-refractivity contribution in [1.82, 2.24) is 4.90 Å². The number of hydrogen-bond acceptors (Lipinski definition) is 3. The van der Waals surface area contributed by atoms with Crippen LogP contribution in [0.1, 0.15) is 36.5 Å². The van der Waals surface area contributed by atoms with Gasteiger partial charge in [0.25, 0.3) is 5.91 Å². The molecule has 0 radical (unpaired) electrons. The number of halogens is 1. The first-order valence-corrected chi connectivity index (χ1v) is 7.20. The second kappa shape index (κ2) is 5.89. The number of piperidine rings is 1. The van der Waals surface area contributed by atoms with Crippen molar-refractivity contribution in [2.75, 3.05) is 13.1 Å². The lowest BCUT2D eigenvalue weighted by atomic mass is 9.88. The standard InChI is InChI=1S/C13H19BrN2O2/c1-2-9-3-5-16(10(7-9)8-15)13(17)11-4-6-18-12(11)14/h4,6,9-10H,2-3,5,7-8,15H2,1H3. The minimum Gasteiger partial charge on any atom is -0.457 e. The molecule has 2 heterocycles. The molecule has 18 heavy (non-hydrogen) atoms. The van der Waals surface area contributed by atoms with E-state index in [4.69, 9.17) is 10.2 Å². The topological polar surface area (TPSA) is 59.5 Å². The molecule has 1 fully saturated rings. The van der Waals surface area contributed by atoms with Crippen LogP contribution in [-0.2, 0) is 0 Å². The summed E-state index contributed by atoms with van der Waals surface area (Å²) >= 11 is 3.26. The summed E-state index contributed by atoms with van der Waals surface area (Å²) in [6.45, 7) is 3.51. The molecule has 0 spiro atoms. The van der Waals surface area contributed by atoms with Crippen LogP contribution in [0.15, 0.2) is 21.4 Å². The van der Waals surface area contributed by atoms with Crippen molar-refractivity contribution in [2.24, 2.45) is 11.7 Å². The highest BCUT2D eigenvalue weighted by atomic mass is 79.9. The Morgan fingerprint density at radius 1 is 1.67 bits per heavy atom. The highest BCUT2D eigenvalue weighted by Crippen LogP contribution is 2.28. The van der Waals surface area contributed by atoms with Crippen LogP contribution in [0, 0.1) is 5.92 Å². The molecule has 0 saturated carbocycles. The first-order chi connectivity index (χ1) is 8.67. The van der Waals surface area contributed by atoms with E-state index < -0.39 is 0 Å². The van der Waals surface area contributed by atoms with Crippen molar-refractivity contribution >= 4 is 21.8 Å². The Kier molecular flexibility index (Phi) is 4.45. The van der Waals surface area contributed by atoms with Crippen LogP contribution in [0.5, 0.6) is 0 Å². The Hall–Kier alpha value is -0.810. The molecule has 2 N–H and O–H groups in total. The van der Waals surface area contributed by atoms with E-state index in [1.807, 2.05) is 4.90 Å². The number of hydrogen-bond donors (Lipinski definition) is 1. The largest absolute Gasteiger partial charge is 0.457 e. The molecular weight excluding hydrogens is 296 g/mol. The highest BCUT2D eigenvalue weighted by Gasteiger charge is 2.31. The molecule has 1 aliphatic heterocycles. The molecule has 2 atom stereocenters. The minimum absolute atomic E-state index is 0.0145. The molecule has 4 nitrogen and oxygen atoms in total. The molecule has 100 valence electrons. The van der Waals surface area contributed by atoms with Crippen LogP contribution in [0.4, 0.5) is 0 Å². The van der Waals surface area contributed by atoms with Crippen LogP contribution in [0.2, 0.25) is 0 Å². The van der Waals surface area contributed by atoms with Crippen molar-refractivity contribution in [2.45, 2.75) is 32.2 Å². The van der Waals surface area contributed by atoms with Gasteiger partial charge in [0, 0.05) is 19.1 Å². The van der Waals surface area contributed by atoms with E-state index in [2.05, 4.69) is 22.9 Å². The number of furan rings is 1. The van der Waals surface area contributed by atoms with Crippen LogP contribution < -0.4 is 5.73 Å². The maximum Gasteiger partial charge on any atom is 0.258 e. The average Bonchev–Trinajstić information content (AvgIpc) is 2.83. The SMILES string of the molecule is CCC1CCN(C(=O)c2ccoc2Br)C(CN)C1. The second-order valence-corrected chi connectivity index (χ2v) is 5.51. The van der Waals surface area contributed by atoms with Crippen molar-refractivity contribution in [1.29, 1.82) is 0 Å². The van der Waals surface area contributed by atoms with Gasteiger partial charge in [-0.1, -0.05) is 13.3 Å². The van der Waals surface area contributed by atoms with E-state index in [1.54, 1.807) is 6.07 Å². The van der Waals surface area contributed by atoms with E-state index in [1.165, 1.54) is 6.26 Å². The van der Waals surface area contributed by atoms with Crippen LogP contribution in [0.25, 0.3) is 0 Å². The summed E-state index contributed by atoms with van der Waals surface area (Å²) in [7, 11) is 0. The summed E-state index contributed by atoms with van der Waals surface area (Å²) in [5.74, 6) is 0.705. The van der Waals surface area contributed by atoms with Crippen LogP contribution in [-0.4, -0.2) is 29.9 Å². The van der Waals surface area contributed by atoms with Gasteiger partial charge < -0.3 is 15.1 Å². The molecule has 2 unspecified atom stereocenters. The average molecular weight is 315 g/mol. The van der Waals surface area contributed by atoms with Crippen LogP contribution >= 0.6 is 15.9 Å². The zero-order valence-electron chi connectivity index (χ0n) is 10.6. The van der Waals surface area contributed by atoms with Crippen molar-refractivity contribution in [3.63, 3.8) is 0 Å². The van der Waals surface area contributed by atoms with Gasteiger partial charge in [-0.3, -0.25) is 4.79 Å². The number of nitrogens with zero attached hydrogens (tertiary/aromatic N) is 1. The van der Waals surface area contributed by atoms with Gasteiger partial charge in [-0.25, -0.2) is 0 Å². The third kappa shape index (κ3) is 2.62. The van der Waals surface area contributed by atoms with E-state index >= 15 is 0 Å². The number of amides is 1. The quantitative estimate of drug-likeness (QED) is 0.933. The molecule has 1 aliphatic rings. The maximum atomic E-state index is 12.4. The van der Waals surface area contributed by atoms with Gasteiger partial charge in [-0.05, 0) is 40.8 Å². The summed E-state index contributed by atoms with van der Waals surface area (Å²) in [6, 6.07) is 1.85. The van der Waals surface area contributed by atoms with Crippen molar-refractivity contribution < 1.29 is 9.21 Å². The Balaban J connectivity index is 2.13. The molecule has 0 aliphatic carbocycles. The first kappa shape index (κ1) is 13.6. The number of carbonyl (C=O) groups is 1. The molecule has 0 aromatic carbocycles. The van der Waals surface area contributed by atoms with Crippen LogP contribution in [0.3, 0.4) is 0 Å². The van der Waals surface area contributed by atoms with Gasteiger partial charge in [0.15, 0.2) is 4.67 Å². The fourth-order valence-electron chi connectivity index (χ4n) is 2.60. The number of rotatable bonds is 3. The normalized spacial score (nSPS) is 24.3. The number of carbonyl (C=O) groups excluding carboxylic acids is 1.